The number of nitriles is 1. The summed E-state index contributed by atoms with van der Waals surface area (Å²) in [4.78, 5) is 64.2. The van der Waals surface area contributed by atoms with Crippen LogP contribution in [-0.4, -0.2) is 82.6 Å². The summed E-state index contributed by atoms with van der Waals surface area (Å²) in [5.74, 6) is -0.694. The van der Waals surface area contributed by atoms with Gasteiger partial charge in [0, 0.05) is 25.4 Å². The number of hydrogen-bond donors (Lipinski definition) is 2. The zero-order valence-electron chi connectivity index (χ0n) is 41.3. The van der Waals surface area contributed by atoms with Crippen LogP contribution in [0, 0.1) is 29.6 Å². The summed E-state index contributed by atoms with van der Waals surface area (Å²) in [5, 5.41) is 15.2. The third-order valence-electron chi connectivity index (χ3n) is 12.8. The lowest BCUT2D eigenvalue weighted by molar-refractivity contribution is -0.144. The molecule has 378 valence electrons. The summed E-state index contributed by atoms with van der Waals surface area (Å²) in [6.07, 6.45) is -2.99. The van der Waals surface area contributed by atoms with Crippen LogP contribution in [-0.2, 0) is 36.6 Å². The molecule has 0 bridgehead atoms. The summed E-state index contributed by atoms with van der Waals surface area (Å²) in [5.41, 5.74) is 3.50. The number of rotatable bonds is 17. The largest absolute Gasteiger partial charge is 0.494 e. The van der Waals surface area contributed by atoms with Gasteiger partial charge in [-0.25, -0.2) is 4.98 Å². The van der Waals surface area contributed by atoms with Crippen LogP contribution in [0.2, 0.25) is 0 Å². The van der Waals surface area contributed by atoms with Crippen molar-refractivity contribution in [2.24, 2.45) is 11.3 Å². The summed E-state index contributed by atoms with van der Waals surface area (Å²) < 4.78 is 53.0. The molecule has 0 radical (unpaired) electrons. The Kier molecular flexibility index (Phi) is 16.2. The SMILES string of the molecule is Cc1ncsc1-c1ccc(CNC(=O)[C@@H]2C[C@@H](C)CN2C(=O)[C@@H](NC(=O)COCCCCOc2ccc(-c3ccc(N4C(=S)N(c5ccc(C#N)c(C(F)(F)F)c5)C(=O)C4(C)C)cc3)cc2)C(C)(C)C)cc1. The van der Waals surface area contributed by atoms with E-state index in [1.54, 1.807) is 53.2 Å². The van der Waals surface area contributed by atoms with Crippen LogP contribution in [0.15, 0.2) is 96.5 Å². The molecule has 5 aromatic rings. The highest BCUT2D eigenvalue weighted by molar-refractivity contribution is 7.81. The molecule has 4 amide bonds. The second-order valence-electron chi connectivity index (χ2n) is 19.7. The lowest BCUT2D eigenvalue weighted by atomic mass is 9.85. The minimum absolute atomic E-state index is 0.00936. The molecule has 18 heteroatoms. The van der Waals surface area contributed by atoms with Crippen LogP contribution in [0.25, 0.3) is 21.6 Å². The van der Waals surface area contributed by atoms with Gasteiger partial charge in [0.05, 0.1) is 45.6 Å². The van der Waals surface area contributed by atoms with Crippen LogP contribution < -0.4 is 25.2 Å². The van der Waals surface area contributed by atoms with Crippen molar-refractivity contribution in [3.8, 4) is 33.4 Å². The second kappa shape index (κ2) is 22.0. The summed E-state index contributed by atoms with van der Waals surface area (Å²) in [7, 11) is 0. The molecule has 0 spiro atoms. The fourth-order valence-electron chi connectivity index (χ4n) is 8.88. The number of amides is 4. The van der Waals surface area contributed by atoms with Gasteiger partial charge >= 0.3 is 6.18 Å². The number of benzene rings is 4. The molecule has 2 N–H and O–H groups in total. The van der Waals surface area contributed by atoms with E-state index in [9.17, 15) is 37.6 Å². The van der Waals surface area contributed by atoms with Crippen molar-refractivity contribution >= 4 is 63.7 Å². The van der Waals surface area contributed by atoms with Gasteiger partial charge in [-0.15, -0.1) is 11.3 Å². The molecular weight excluding hydrogens is 964 g/mol. The van der Waals surface area contributed by atoms with Gasteiger partial charge in [0.15, 0.2) is 5.11 Å². The van der Waals surface area contributed by atoms with Crippen molar-refractivity contribution in [1.82, 2.24) is 20.5 Å². The number of nitrogens with one attached hydrogen (secondary N) is 2. The summed E-state index contributed by atoms with van der Waals surface area (Å²) in [6.45, 7) is 14.1. The van der Waals surface area contributed by atoms with Gasteiger partial charge in [-0.05, 0) is 128 Å². The standard InChI is InChI=1S/C54H58F3N7O6S2/c1-33-26-44(48(66)59-29-35-10-12-38(13-11-35)46-34(2)60-32-72-46)62(30-33)49(67)47(52(3,4)5)61-45(65)31-69-24-8-9-25-70-42-22-17-37(18-23-42)36-14-19-40(20-15-36)64-51(71)63(50(68)53(64,6)7)41-21-16-39(28-58)43(27-41)54(55,56)57/h10-23,27,32-33,44,47H,8-9,24-26,29-31H2,1-7H3,(H,59,66)(H,61,65)/t33-,44+,47-/m1/s1. The highest BCUT2D eigenvalue weighted by Crippen LogP contribution is 2.40. The molecule has 4 aromatic carbocycles. The first-order chi connectivity index (χ1) is 34.1. The Balaban J connectivity index is 0.841. The van der Waals surface area contributed by atoms with E-state index in [0.29, 0.717) is 57.0 Å². The average molecular weight is 1020 g/mol. The number of anilines is 2. The van der Waals surface area contributed by atoms with E-state index in [4.69, 9.17) is 21.7 Å². The predicted octanol–water partition coefficient (Wildman–Crippen LogP) is 9.85. The molecular formula is C54H58F3N7O6S2. The van der Waals surface area contributed by atoms with Crippen molar-refractivity contribution in [1.29, 1.82) is 5.26 Å². The van der Waals surface area contributed by atoms with Gasteiger partial charge in [-0.1, -0.05) is 76.2 Å². The average Bonchev–Trinajstić information content (AvgIpc) is 4.01. The molecule has 0 saturated carbocycles. The normalized spacial score (nSPS) is 17.2. The molecule has 2 fully saturated rings. The molecule has 7 rings (SSSR count). The van der Waals surface area contributed by atoms with Crippen molar-refractivity contribution in [2.45, 2.75) is 98.1 Å². The molecule has 2 saturated heterocycles. The Morgan fingerprint density at radius 1 is 0.931 bits per heavy atom. The minimum Gasteiger partial charge on any atom is -0.494 e. The van der Waals surface area contributed by atoms with Gasteiger partial charge < -0.3 is 29.9 Å². The molecule has 0 unspecified atom stereocenters. The van der Waals surface area contributed by atoms with E-state index in [1.165, 1.54) is 6.07 Å². The minimum atomic E-state index is -4.80. The van der Waals surface area contributed by atoms with E-state index in [2.05, 4.69) is 15.6 Å². The molecule has 2 aliphatic heterocycles. The quantitative estimate of drug-likeness (QED) is 0.0679. The topological polar surface area (TPSA) is 157 Å². The maximum atomic E-state index is 14.1. The smallest absolute Gasteiger partial charge is 0.417 e. The number of unbranched alkanes of at least 4 members (excludes halogenated alkanes) is 1. The van der Waals surface area contributed by atoms with Crippen LogP contribution in [0.5, 0.6) is 5.75 Å². The van der Waals surface area contributed by atoms with Gasteiger partial charge in [0.2, 0.25) is 17.7 Å². The lowest BCUT2D eigenvalue weighted by Crippen LogP contribution is -2.58. The molecule has 2 aliphatic rings. The Hall–Kier alpha value is -6.68. The van der Waals surface area contributed by atoms with Crippen molar-refractivity contribution in [3.63, 3.8) is 0 Å². The molecule has 13 nitrogen and oxygen atoms in total. The maximum absolute atomic E-state index is 14.1. The lowest BCUT2D eigenvalue weighted by Gasteiger charge is -2.35. The third kappa shape index (κ3) is 12.0. The molecule has 1 aromatic heterocycles. The number of aromatic nitrogens is 1. The fourth-order valence-corrected chi connectivity index (χ4v) is 10.2. The van der Waals surface area contributed by atoms with Crippen molar-refractivity contribution in [3.05, 3.63) is 119 Å². The number of carbonyl (C=O) groups excluding carboxylic acids is 4. The number of thiocarbonyl (C=S) groups is 1. The number of aryl methyl sites for hydroxylation is 1. The van der Waals surface area contributed by atoms with Crippen LogP contribution in [0.4, 0.5) is 24.5 Å². The first kappa shape index (κ1) is 53.1. The zero-order valence-corrected chi connectivity index (χ0v) is 42.9. The Labute approximate surface area is 427 Å². The second-order valence-corrected chi connectivity index (χ2v) is 21.0. The number of hydrogen-bond acceptors (Lipinski definition) is 10. The highest BCUT2D eigenvalue weighted by atomic mass is 32.1. The molecule has 0 aliphatic carbocycles. The monoisotopic (exact) mass is 1020 g/mol. The predicted molar refractivity (Wildman–Crippen MR) is 275 cm³/mol. The number of thiazole rings is 1. The van der Waals surface area contributed by atoms with Crippen molar-refractivity contribution < 1.29 is 41.8 Å². The highest BCUT2D eigenvalue weighted by Gasteiger charge is 2.51. The Morgan fingerprint density at radius 2 is 1.56 bits per heavy atom. The van der Waals surface area contributed by atoms with Crippen LogP contribution in [0.3, 0.4) is 0 Å². The number of carbonyl (C=O) groups is 4. The van der Waals surface area contributed by atoms with Gasteiger partial charge in [0.25, 0.3) is 5.91 Å². The first-order valence-corrected chi connectivity index (χ1v) is 25.0. The summed E-state index contributed by atoms with van der Waals surface area (Å²) >= 11 is 7.26. The fraction of sp³-hybridized carbons (Fsp3) is 0.389. The van der Waals surface area contributed by atoms with Gasteiger partial charge in [-0.2, -0.15) is 18.4 Å². The number of likely N-dealkylation sites (tertiary alicyclic amines) is 1. The molecule has 3 heterocycles. The van der Waals surface area contributed by atoms with E-state index in [0.717, 1.165) is 49.9 Å². The van der Waals surface area contributed by atoms with E-state index < -0.39 is 52.2 Å². The van der Waals surface area contributed by atoms with Crippen molar-refractivity contribution in [2.75, 3.05) is 36.2 Å². The third-order valence-corrected chi connectivity index (χ3v) is 14.1. The van der Waals surface area contributed by atoms with E-state index in [-0.39, 0.29) is 35.1 Å². The van der Waals surface area contributed by atoms with E-state index in [1.807, 2.05) is 101 Å². The Bertz CT molecular complexity index is 2840. The summed E-state index contributed by atoms with van der Waals surface area (Å²) in [6, 6.07) is 25.9. The maximum Gasteiger partial charge on any atom is 0.417 e. The zero-order chi connectivity index (χ0) is 52.1. The van der Waals surface area contributed by atoms with Gasteiger partial charge in [-0.3, -0.25) is 24.1 Å². The molecule has 3 atom stereocenters. The van der Waals surface area contributed by atoms with Gasteiger partial charge in [0.1, 0.15) is 30.0 Å². The number of nitrogens with zero attached hydrogens (tertiary/aromatic N) is 5. The number of ether oxygens (including phenoxy) is 2. The first-order valence-electron chi connectivity index (χ1n) is 23.7. The number of halogens is 3. The molecule has 72 heavy (non-hydrogen) atoms. The van der Waals surface area contributed by atoms with E-state index >= 15 is 0 Å². The Morgan fingerprint density at radius 3 is 2.17 bits per heavy atom. The van der Waals surface area contributed by atoms with Crippen LogP contribution in [0.1, 0.15) is 83.2 Å². The number of alkyl halides is 3. The van der Waals surface area contributed by atoms with Crippen LogP contribution >= 0.6 is 23.6 Å².